The molecule has 1 amide bonds. The van der Waals surface area contributed by atoms with Gasteiger partial charge in [0, 0.05) is 17.1 Å². The smallest absolute Gasteiger partial charge is 0.283 e. The highest BCUT2D eigenvalue weighted by Gasteiger charge is 2.35. The van der Waals surface area contributed by atoms with Crippen LogP contribution in [-0.2, 0) is 4.79 Å². The van der Waals surface area contributed by atoms with E-state index in [1.54, 1.807) is 6.08 Å². The molecular formula is C18H12N6OS3. The summed E-state index contributed by atoms with van der Waals surface area (Å²) in [6, 6.07) is 9.80. The van der Waals surface area contributed by atoms with Gasteiger partial charge in [-0.2, -0.15) is 10.0 Å². The predicted octanol–water partition coefficient (Wildman–Crippen LogP) is 4.00. The monoisotopic (exact) mass is 424 g/mol. The Kier molecular flexibility index (Phi) is 4.18. The van der Waals surface area contributed by atoms with Gasteiger partial charge in [-0.05, 0) is 24.1 Å². The van der Waals surface area contributed by atoms with Crippen molar-refractivity contribution < 1.29 is 4.79 Å². The molecule has 0 spiro atoms. The van der Waals surface area contributed by atoms with Crippen molar-refractivity contribution in [2.24, 2.45) is 10.1 Å². The van der Waals surface area contributed by atoms with Gasteiger partial charge in [-0.3, -0.25) is 14.6 Å². The van der Waals surface area contributed by atoms with E-state index in [0.29, 0.717) is 5.17 Å². The molecule has 0 saturated carbocycles. The Morgan fingerprint density at radius 2 is 2.07 bits per heavy atom. The van der Waals surface area contributed by atoms with Crippen molar-refractivity contribution in [2.75, 3.05) is 6.26 Å². The van der Waals surface area contributed by atoms with E-state index >= 15 is 0 Å². The first-order valence-corrected chi connectivity index (χ1v) is 11.1. The number of fused-ring (bicyclic) bond motifs is 2. The van der Waals surface area contributed by atoms with Crippen molar-refractivity contribution in [3.05, 3.63) is 53.2 Å². The fourth-order valence-corrected chi connectivity index (χ4v) is 5.01. The van der Waals surface area contributed by atoms with E-state index in [-0.39, 0.29) is 11.4 Å². The van der Waals surface area contributed by atoms with Gasteiger partial charge >= 0.3 is 0 Å². The molecule has 4 heterocycles. The molecular weight excluding hydrogens is 412 g/mol. The molecule has 0 bridgehead atoms. The SMILES string of the molecule is CSC1=NN2C(=N)C(=Cc3c(-c4ccccc4)nc4sccn34)C(=O)N=C2S1. The van der Waals surface area contributed by atoms with E-state index in [1.807, 2.05) is 52.6 Å². The van der Waals surface area contributed by atoms with Gasteiger partial charge in [0.25, 0.3) is 5.91 Å². The van der Waals surface area contributed by atoms with Gasteiger partial charge in [-0.1, -0.05) is 30.3 Å². The summed E-state index contributed by atoms with van der Waals surface area (Å²) in [7, 11) is 0. The Hall–Kier alpha value is -2.69. The molecule has 0 fully saturated rings. The number of imidazole rings is 1. The van der Waals surface area contributed by atoms with Crippen LogP contribution in [0.3, 0.4) is 0 Å². The second-order valence-electron chi connectivity index (χ2n) is 5.86. The van der Waals surface area contributed by atoms with E-state index in [0.717, 1.165) is 26.3 Å². The van der Waals surface area contributed by atoms with Crippen LogP contribution in [0, 0.1) is 5.41 Å². The molecule has 0 aliphatic carbocycles. The average Bonchev–Trinajstić information content (AvgIpc) is 3.40. The molecule has 10 heteroatoms. The number of benzene rings is 1. The van der Waals surface area contributed by atoms with Crippen LogP contribution in [0.25, 0.3) is 22.3 Å². The first-order chi connectivity index (χ1) is 13.7. The summed E-state index contributed by atoms with van der Waals surface area (Å²) in [4.78, 5) is 22.3. The second kappa shape index (κ2) is 6.73. The highest BCUT2D eigenvalue weighted by Crippen LogP contribution is 2.33. The molecule has 1 N–H and O–H groups in total. The lowest BCUT2D eigenvalue weighted by Crippen LogP contribution is -2.35. The second-order valence-corrected chi connectivity index (χ2v) is 8.74. The molecule has 0 radical (unpaired) electrons. The van der Waals surface area contributed by atoms with E-state index < -0.39 is 5.91 Å². The first kappa shape index (κ1) is 17.4. The van der Waals surface area contributed by atoms with E-state index in [9.17, 15) is 4.79 Å². The summed E-state index contributed by atoms with van der Waals surface area (Å²) in [5.41, 5.74) is 2.65. The first-order valence-electron chi connectivity index (χ1n) is 8.21. The zero-order chi connectivity index (χ0) is 19.3. The minimum atomic E-state index is -0.439. The summed E-state index contributed by atoms with van der Waals surface area (Å²) in [6.45, 7) is 0. The summed E-state index contributed by atoms with van der Waals surface area (Å²) >= 11 is 4.28. The Labute approximate surface area is 172 Å². The van der Waals surface area contributed by atoms with Gasteiger partial charge in [-0.15, -0.1) is 28.2 Å². The van der Waals surface area contributed by atoms with Crippen LogP contribution in [0.5, 0.6) is 0 Å². The molecule has 28 heavy (non-hydrogen) atoms. The Balaban J connectivity index is 1.66. The standard InChI is InChI=1S/C18H12N6OS3/c1-26-18-22-24-14(19)11(15(25)21-17(24)28-18)9-12-13(10-5-3-2-4-6-10)20-16-23(12)7-8-27-16/h2-9,19H,1H3. The highest BCUT2D eigenvalue weighted by molar-refractivity contribution is 8.45. The van der Waals surface area contributed by atoms with Crippen LogP contribution in [0.4, 0.5) is 0 Å². The lowest BCUT2D eigenvalue weighted by molar-refractivity contribution is -0.114. The Bertz CT molecular complexity index is 1220. The van der Waals surface area contributed by atoms with E-state index in [2.05, 4.69) is 10.1 Å². The number of rotatable bonds is 2. The van der Waals surface area contributed by atoms with Crippen molar-refractivity contribution in [3.8, 4) is 11.3 Å². The normalized spacial score (nSPS) is 18.0. The lowest BCUT2D eigenvalue weighted by Gasteiger charge is -2.20. The summed E-state index contributed by atoms with van der Waals surface area (Å²) < 4.78 is 2.68. The third-order valence-corrected chi connectivity index (χ3v) is 6.88. The molecule has 0 atom stereocenters. The number of thioether (sulfide) groups is 2. The van der Waals surface area contributed by atoms with Gasteiger partial charge in [0.1, 0.15) is 0 Å². The number of hydrazone groups is 1. The largest absolute Gasteiger partial charge is 0.290 e. The minimum absolute atomic E-state index is 0.0238. The molecule has 1 aromatic carbocycles. The fraction of sp³-hybridized carbons (Fsp3) is 0.0556. The van der Waals surface area contributed by atoms with Gasteiger partial charge < -0.3 is 0 Å². The van der Waals surface area contributed by atoms with Crippen LogP contribution < -0.4 is 0 Å². The highest BCUT2D eigenvalue weighted by atomic mass is 32.2. The molecule has 2 aliphatic heterocycles. The Morgan fingerprint density at radius 1 is 1.25 bits per heavy atom. The van der Waals surface area contributed by atoms with Crippen LogP contribution in [0.2, 0.25) is 0 Å². The van der Waals surface area contributed by atoms with Crippen molar-refractivity contribution in [2.45, 2.75) is 0 Å². The molecule has 138 valence electrons. The lowest BCUT2D eigenvalue weighted by atomic mass is 10.1. The zero-order valence-corrected chi connectivity index (χ0v) is 16.9. The molecule has 7 nitrogen and oxygen atoms in total. The molecule has 3 aromatic rings. The van der Waals surface area contributed by atoms with Crippen LogP contribution in [0.1, 0.15) is 5.69 Å². The van der Waals surface area contributed by atoms with Gasteiger partial charge in [0.05, 0.1) is 17.0 Å². The average molecular weight is 425 g/mol. The maximum Gasteiger partial charge on any atom is 0.283 e. The number of hydrogen-bond acceptors (Lipinski definition) is 7. The third-order valence-electron chi connectivity index (χ3n) is 4.24. The van der Waals surface area contributed by atoms with Crippen molar-refractivity contribution in [1.29, 1.82) is 5.41 Å². The van der Waals surface area contributed by atoms with Crippen LogP contribution in [0.15, 0.2) is 57.6 Å². The number of amides is 1. The van der Waals surface area contributed by atoms with Gasteiger partial charge in [-0.25, -0.2) is 4.98 Å². The number of aromatic nitrogens is 2. The molecule has 0 saturated heterocycles. The quantitative estimate of drug-likeness (QED) is 0.629. The molecule has 5 rings (SSSR count). The predicted molar refractivity (Wildman–Crippen MR) is 117 cm³/mol. The van der Waals surface area contributed by atoms with Crippen LogP contribution in [-0.4, -0.2) is 41.9 Å². The summed E-state index contributed by atoms with van der Waals surface area (Å²) in [5, 5.41) is 16.7. The number of carbonyl (C=O) groups is 1. The number of aliphatic imine (C=N–C) groups is 1. The molecule has 2 aromatic heterocycles. The fourth-order valence-electron chi connectivity index (χ4n) is 2.94. The van der Waals surface area contributed by atoms with Crippen molar-refractivity contribution in [3.63, 3.8) is 0 Å². The number of nitrogens with one attached hydrogen (secondary N) is 1. The number of amidine groups is 2. The number of nitrogens with zero attached hydrogens (tertiary/aromatic N) is 5. The summed E-state index contributed by atoms with van der Waals surface area (Å²) in [6.07, 6.45) is 5.50. The minimum Gasteiger partial charge on any atom is -0.290 e. The van der Waals surface area contributed by atoms with E-state index in [1.165, 1.54) is 39.9 Å². The number of carbonyl (C=O) groups excluding carboxylic acids is 1. The van der Waals surface area contributed by atoms with Crippen molar-refractivity contribution >= 4 is 67.2 Å². The van der Waals surface area contributed by atoms with Gasteiger partial charge in [0.15, 0.2) is 15.2 Å². The number of hydrogen-bond donors (Lipinski definition) is 1. The molecule has 0 unspecified atom stereocenters. The zero-order valence-electron chi connectivity index (χ0n) is 14.5. The van der Waals surface area contributed by atoms with E-state index in [4.69, 9.17) is 10.4 Å². The van der Waals surface area contributed by atoms with Crippen molar-refractivity contribution in [1.82, 2.24) is 14.4 Å². The maximum absolute atomic E-state index is 12.7. The molecule has 2 aliphatic rings. The Morgan fingerprint density at radius 3 is 2.86 bits per heavy atom. The summed E-state index contributed by atoms with van der Waals surface area (Å²) in [5.74, 6) is -0.416. The number of thiazole rings is 1. The third kappa shape index (κ3) is 2.72. The van der Waals surface area contributed by atoms with Gasteiger partial charge in [0.2, 0.25) is 5.17 Å². The van der Waals surface area contributed by atoms with Crippen LogP contribution >= 0.6 is 34.9 Å². The topological polar surface area (TPSA) is 86.2 Å². The maximum atomic E-state index is 12.7.